The molecule has 3 N–H and O–H groups in total. The van der Waals surface area contributed by atoms with Crippen molar-refractivity contribution >= 4 is 41.1 Å². The molecule has 3 aromatic rings. The van der Waals surface area contributed by atoms with Crippen LogP contribution in [0.4, 0.5) is 10.5 Å². The van der Waals surface area contributed by atoms with Crippen molar-refractivity contribution in [2.45, 2.75) is 44.0 Å². The first kappa shape index (κ1) is 27.9. The zero-order valence-electron chi connectivity index (χ0n) is 22.2. The molecular weight excluding hydrogens is 512 g/mol. The Morgan fingerprint density at radius 2 is 1.64 bits per heavy atom. The first-order valence-electron chi connectivity index (χ1n) is 12.7. The fraction of sp³-hybridized carbons (Fsp3) is 0.267. The minimum absolute atomic E-state index is 0.203. The molecule has 0 unspecified atom stereocenters. The van der Waals surface area contributed by atoms with E-state index in [1.54, 1.807) is 28.8 Å². The van der Waals surface area contributed by atoms with Gasteiger partial charge in [0, 0.05) is 28.3 Å². The van der Waals surface area contributed by atoms with Crippen molar-refractivity contribution in [3.8, 4) is 0 Å². The number of aromatic carboxylic acids is 1. The second-order valence-corrected chi connectivity index (χ2v) is 11.4. The molecule has 9 heteroatoms. The first-order valence-corrected chi connectivity index (χ1v) is 13.7. The van der Waals surface area contributed by atoms with Crippen LogP contribution in [0.5, 0.6) is 0 Å². The molecule has 0 bridgehead atoms. The lowest BCUT2D eigenvalue weighted by molar-refractivity contribution is -0.112. The number of thioether (sulfide) groups is 1. The molecule has 4 rings (SSSR count). The van der Waals surface area contributed by atoms with Gasteiger partial charge < -0.3 is 15.3 Å². The van der Waals surface area contributed by atoms with Gasteiger partial charge in [0.15, 0.2) is 5.71 Å². The number of aryl methyl sites for hydroxylation is 1. The van der Waals surface area contributed by atoms with Gasteiger partial charge in [-0.15, -0.1) is 11.8 Å². The van der Waals surface area contributed by atoms with Crippen LogP contribution in [0, 0.1) is 0 Å². The van der Waals surface area contributed by atoms with Gasteiger partial charge in [0.1, 0.15) is 0 Å². The second kappa shape index (κ2) is 12.2. The van der Waals surface area contributed by atoms with Crippen LogP contribution in [0.15, 0.2) is 82.8 Å². The number of fused-ring (bicyclic) bond motifs is 1. The molecule has 3 amide bonds. The van der Waals surface area contributed by atoms with Crippen molar-refractivity contribution in [2.75, 3.05) is 17.2 Å². The monoisotopic (exact) mass is 544 g/mol. The Hall–Kier alpha value is -4.11. The zero-order chi connectivity index (χ0) is 28.0. The van der Waals surface area contributed by atoms with E-state index < -0.39 is 17.5 Å². The van der Waals surface area contributed by atoms with E-state index in [-0.39, 0.29) is 17.2 Å². The lowest BCUT2D eigenvalue weighted by atomic mass is 10.1. The van der Waals surface area contributed by atoms with Crippen LogP contribution in [0.2, 0.25) is 0 Å². The van der Waals surface area contributed by atoms with E-state index in [4.69, 9.17) is 5.11 Å². The number of nitrogens with zero attached hydrogens (tertiary/aromatic N) is 2. The molecule has 39 heavy (non-hydrogen) atoms. The summed E-state index contributed by atoms with van der Waals surface area (Å²) in [6.07, 6.45) is 1.45. The zero-order valence-corrected chi connectivity index (χ0v) is 23.0. The molecule has 0 aromatic heterocycles. The Labute approximate surface area is 232 Å². The Morgan fingerprint density at radius 3 is 2.31 bits per heavy atom. The number of hydrogen-bond donors (Lipinski definition) is 3. The summed E-state index contributed by atoms with van der Waals surface area (Å²) in [7, 11) is 0. The van der Waals surface area contributed by atoms with Crippen LogP contribution in [0.1, 0.15) is 47.8 Å². The highest BCUT2D eigenvalue weighted by molar-refractivity contribution is 7.99. The number of benzene rings is 3. The molecule has 8 nitrogen and oxygen atoms in total. The Bertz CT molecular complexity index is 1380. The number of amides is 3. The quantitative estimate of drug-likeness (QED) is 0.256. The average Bonchev–Trinajstić information content (AvgIpc) is 3.15. The summed E-state index contributed by atoms with van der Waals surface area (Å²) in [6.45, 7) is 6.09. The predicted molar refractivity (Wildman–Crippen MR) is 155 cm³/mol. The summed E-state index contributed by atoms with van der Waals surface area (Å²) in [4.78, 5) is 39.5. The highest BCUT2D eigenvalue weighted by atomic mass is 32.2. The van der Waals surface area contributed by atoms with Gasteiger partial charge in [-0.1, -0.05) is 42.5 Å². The van der Waals surface area contributed by atoms with Crippen LogP contribution in [-0.4, -0.2) is 46.6 Å². The molecule has 0 radical (unpaired) electrons. The summed E-state index contributed by atoms with van der Waals surface area (Å²) >= 11 is 1.64. The van der Waals surface area contributed by atoms with Crippen LogP contribution in [0.3, 0.4) is 0 Å². The number of hydrazone groups is 1. The summed E-state index contributed by atoms with van der Waals surface area (Å²) in [6, 6.07) is 22.2. The molecule has 1 aliphatic heterocycles. The standard InChI is InChI=1S/C30H32N4O4S/c1-30(2,3)31-29(38)33-32-26-24-19-23(39-18-16-21-9-11-22(12-10-21)28(36)37)13-14-25(24)34(27(26)35)17-15-20-7-5-4-6-8-20/h4-14,19H,15-18H2,1-3H3,(H,36,37)(H2,31,33,38). The maximum absolute atomic E-state index is 13.4. The molecule has 0 atom stereocenters. The van der Waals surface area contributed by atoms with Gasteiger partial charge in [-0.25, -0.2) is 15.0 Å². The third kappa shape index (κ3) is 7.48. The maximum Gasteiger partial charge on any atom is 0.335 e. The fourth-order valence-corrected chi connectivity index (χ4v) is 5.11. The summed E-state index contributed by atoms with van der Waals surface area (Å²) in [5.41, 5.74) is 6.13. The van der Waals surface area contributed by atoms with Crippen molar-refractivity contribution in [3.63, 3.8) is 0 Å². The Morgan fingerprint density at radius 1 is 0.949 bits per heavy atom. The number of carboxylic acid groups (broad SMARTS) is 1. The highest BCUT2D eigenvalue weighted by Gasteiger charge is 2.34. The highest BCUT2D eigenvalue weighted by Crippen LogP contribution is 2.33. The smallest absolute Gasteiger partial charge is 0.335 e. The molecule has 0 saturated carbocycles. The van der Waals surface area contributed by atoms with Gasteiger partial charge in [-0.2, -0.15) is 5.10 Å². The van der Waals surface area contributed by atoms with Crippen LogP contribution >= 0.6 is 11.8 Å². The number of anilines is 1. The predicted octanol–water partition coefficient (Wildman–Crippen LogP) is 5.11. The molecule has 0 spiro atoms. The number of hydrogen-bond acceptors (Lipinski definition) is 5. The minimum Gasteiger partial charge on any atom is -0.478 e. The van der Waals surface area contributed by atoms with Crippen molar-refractivity contribution in [1.29, 1.82) is 0 Å². The summed E-state index contributed by atoms with van der Waals surface area (Å²) in [5, 5.41) is 16.1. The van der Waals surface area contributed by atoms with E-state index in [2.05, 4.69) is 15.8 Å². The number of rotatable bonds is 9. The van der Waals surface area contributed by atoms with E-state index >= 15 is 0 Å². The minimum atomic E-state index is -0.940. The largest absolute Gasteiger partial charge is 0.478 e. The van der Waals surface area contributed by atoms with Gasteiger partial charge in [-0.3, -0.25) is 4.79 Å². The van der Waals surface area contributed by atoms with Crippen molar-refractivity contribution in [2.24, 2.45) is 5.10 Å². The summed E-state index contributed by atoms with van der Waals surface area (Å²) < 4.78 is 0. The third-order valence-electron chi connectivity index (χ3n) is 6.05. The average molecular weight is 545 g/mol. The maximum atomic E-state index is 13.4. The van der Waals surface area contributed by atoms with Gasteiger partial charge >= 0.3 is 12.0 Å². The van der Waals surface area contributed by atoms with Crippen LogP contribution in [-0.2, 0) is 17.6 Å². The number of nitrogens with one attached hydrogen (secondary N) is 2. The number of carbonyl (C=O) groups is 3. The number of urea groups is 1. The molecule has 1 aliphatic rings. The van der Waals surface area contributed by atoms with Crippen LogP contribution in [0.25, 0.3) is 0 Å². The van der Waals surface area contributed by atoms with E-state index in [1.165, 1.54) is 0 Å². The lowest BCUT2D eigenvalue weighted by Gasteiger charge is -2.19. The molecule has 3 aromatic carbocycles. The third-order valence-corrected chi connectivity index (χ3v) is 7.04. The Kier molecular flexibility index (Phi) is 8.71. The van der Waals surface area contributed by atoms with E-state index in [1.807, 2.05) is 81.4 Å². The van der Waals surface area contributed by atoms with Gasteiger partial charge in [0.25, 0.3) is 5.91 Å². The summed E-state index contributed by atoms with van der Waals surface area (Å²) in [5.74, 6) is -0.419. The van der Waals surface area contributed by atoms with E-state index in [0.717, 1.165) is 33.9 Å². The topological polar surface area (TPSA) is 111 Å². The Balaban J connectivity index is 1.51. The molecule has 0 aliphatic carbocycles. The van der Waals surface area contributed by atoms with E-state index in [9.17, 15) is 14.4 Å². The molecule has 0 saturated heterocycles. The van der Waals surface area contributed by atoms with Crippen molar-refractivity contribution < 1.29 is 19.5 Å². The molecule has 1 heterocycles. The molecule has 0 fully saturated rings. The SMILES string of the molecule is CC(C)(C)NC(=O)NN=C1C(=O)N(CCc2ccccc2)c2ccc(SCCc3ccc(C(=O)O)cc3)cc21. The van der Waals surface area contributed by atoms with Crippen LogP contribution < -0.4 is 15.6 Å². The van der Waals surface area contributed by atoms with Crippen molar-refractivity contribution in [3.05, 3.63) is 95.1 Å². The van der Waals surface area contributed by atoms with Gasteiger partial charge in [0.2, 0.25) is 0 Å². The van der Waals surface area contributed by atoms with Gasteiger partial charge in [-0.05, 0) is 75.1 Å². The normalized spacial score (nSPS) is 13.9. The number of carboxylic acids is 1. The second-order valence-electron chi connectivity index (χ2n) is 10.2. The van der Waals surface area contributed by atoms with Crippen molar-refractivity contribution in [1.82, 2.24) is 10.7 Å². The van der Waals surface area contributed by atoms with Gasteiger partial charge in [0.05, 0.1) is 11.3 Å². The first-order chi connectivity index (χ1) is 18.6. The van der Waals surface area contributed by atoms with E-state index in [0.29, 0.717) is 18.5 Å². The fourth-order valence-electron chi connectivity index (χ4n) is 4.17. The number of carbonyl (C=O) groups excluding carboxylic acids is 2. The molecular formula is C30H32N4O4S. The molecule has 202 valence electrons. The lowest BCUT2D eigenvalue weighted by Crippen LogP contribution is -2.45.